The number of aliphatic hydroxyl groups excluding tert-OH is 1. The second-order valence-electron chi connectivity index (χ2n) is 5.76. The van der Waals surface area contributed by atoms with Gasteiger partial charge < -0.3 is 15.1 Å². The van der Waals surface area contributed by atoms with Crippen molar-refractivity contribution < 1.29 is 19.8 Å². The highest BCUT2D eigenvalue weighted by Gasteiger charge is 2.36. The van der Waals surface area contributed by atoms with E-state index < -0.39 is 5.97 Å². The Morgan fingerprint density at radius 3 is 2.28 bits per heavy atom. The molecular formula is C13H21NO4. The molecule has 0 saturated heterocycles. The van der Waals surface area contributed by atoms with Crippen LogP contribution < -0.4 is 0 Å². The first-order valence-electron chi connectivity index (χ1n) is 6.63. The first-order chi connectivity index (χ1) is 8.47. The summed E-state index contributed by atoms with van der Waals surface area (Å²) >= 11 is 0. The molecule has 0 radical (unpaired) electrons. The molecule has 2 N–H and O–H groups in total. The molecule has 2 aliphatic rings. The summed E-state index contributed by atoms with van der Waals surface area (Å²) in [5, 5.41) is 18.1. The van der Waals surface area contributed by atoms with Gasteiger partial charge in [-0.3, -0.25) is 9.59 Å². The number of rotatable bonds is 4. The van der Waals surface area contributed by atoms with E-state index in [-0.39, 0.29) is 23.8 Å². The molecular weight excluding hydrogens is 234 g/mol. The van der Waals surface area contributed by atoms with Crippen molar-refractivity contribution in [1.29, 1.82) is 0 Å². The van der Waals surface area contributed by atoms with Crippen molar-refractivity contribution in [2.75, 3.05) is 13.6 Å². The minimum Gasteiger partial charge on any atom is -0.481 e. The summed E-state index contributed by atoms with van der Waals surface area (Å²) in [5.74, 6) is -0.778. The zero-order valence-electron chi connectivity index (χ0n) is 10.7. The van der Waals surface area contributed by atoms with Gasteiger partial charge in [-0.1, -0.05) is 0 Å². The summed E-state index contributed by atoms with van der Waals surface area (Å²) in [5.41, 5.74) is 0. The van der Waals surface area contributed by atoms with E-state index in [2.05, 4.69) is 0 Å². The van der Waals surface area contributed by atoms with E-state index in [1.54, 1.807) is 11.9 Å². The van der Waals surface area contributed by atoms with Gasteiger partial charge in [0.15, 0.2) is 0 Å². The van der Waals surface area contributed by atoms with Crippen LogP contribution in [0.15, 0.2) is 0 Å². The second-order valence-corrected chi connectivity index (χ2v) is 5.76. The molecule has 2 aliphatic carbocycles. The number of hydrogen-bond donors (Lipinski definition) is 2. The van der Waals surface area contributed by atoms with Gasteiger partial charge >= 0.3 is 5.97 Å². The van der Waals surface area contributed by atoms with E-state index in [4.69, 9.17) is 5.11 Å². The Morgan fingerprint density at radius 1 is 1.17 bits per heavy atom. The summed E-state index contributed by atoms with van der Waals surface area (Å²) in [6, 6.07) is 0. The van der Waals surface area contributed by atoms with Crippen molar-refractivity contribution >= 4 is 11.9 Å². The lowest BCUT2D eigenvalue weighted by Gasteiger charge is -2.35. The van der Waals surface area contributed by atoms with Crippen molar-refractivity contribution in [3.05, 3.63) is 0 Å². The van der Waals surface area contributed by atoms with Crippen LogP contribution in [0.25, 0.3) is 0 Å². The Balaban J connectivity index is 1.78. The third-order valence-electron chi connectivity index (χ3n) is 4.25. The summed E-state index contributed by atoms with van der Waals surface area (Å²) in [7, 11) is 1.78. The fraction of sp³-hybridized carbons (Fsp3) is 0.846. The molecule has 18 heavy (non-hydrogen) atoms. The van der Waals surface area contributed by atoms with Crippen LogP contribution in [0.3, 0.4) is 0 Å². The summed E-state index contributed by atoms with van der Waals surface area (Å²) < 4.78 is 0. The highest BCUT2D eigenvalue weighted by Crippen LogP contribution is 2.33. The number of aliphatic carboxylic acids is 1. The number of amides is 1. The average Bonchev–Trinajstić information content (AvgIpc) is 2.75. The maximum absolute atomic E-state index is 12.1. The second kappa shape index (κ2) is 5.26. The fourth-order valence-corrected chi connectivity index (χ4v) is 3.07. The van der Waals surface area contributed by atoms with E-state index in [0.717, 1.165) is 12.8 Å². The Labute approximate surface area is 107 Å². The van der Waals surface area contributed by atoms with E-state index in [1.165, 1.54) is 0 Å². The van der Waals surface area contributed by atoms with Gasteiger partial charge in [0, 0.05) is 19.5 Å². The predicted molar refractivity (Wildman–Crippen MR) is 64.8 cm³/mol. The Kier molecular flexibility index (Phi) is 3.90. The first-order valence-corrected chi connectivity index (χ1v) is 6.63. The molecule has 0 aromatic heterocycles. The fourth-order valence-electron chi connectivity index (χ4n) is 3.07. The minimum absolute atomic E-state index is 0.0696. The number of carboxylic acid groups (broad SMARTS) is 1. The number of carbonyl (C=O) groups excluding carboxylic acids is 1. The lowest BCUT2D eigenvalue weighted by molar-refractivity contribution is -0.141. The zero-order valence-corrected chi connectivity index (χ0v) is 10.7. The molecule has 0 spiro atoms. The maximum Gasteiger partial charge on any atom is 0.306 e. The smallest absolute Gasteiger partial charge is 0.306 e. The first kappa shape index (κ1) is 13.3. The third kappa shape index (κ3) is 2.83. The topological polar surface area (TPSA) is 77.8 Å². The summed E-state index contributed by atoms with van der Waals surface area (Å²) in [4.78, 5) is 24.7. The SMILES string of the molecule is CN(CC1CC(O)C1)C(=O)[C@@H]1CC[C@H](C(=O)O)C1. The molecule has 0 aliphatic heterocycles. The molecule has 5 heteroatoms. The Morgan fingerprint density at radius 2 is 1.78 bits per heavy atom. The van der Waals surface area contributed by atoms with Crippen LogP contribution in [0.2, 0.25) is 0 Å². The van der Waals surface area contributed by atoms with Crippen LogP contribution in [0.1, 0.15) is 32.1 Å². The molecule has 2 saturated carbocycles. The van der Waals surface area contributed by atoms with Gasteiger partial charge in [0.05, 0.1) is 12.0 Å². The van der Waals surface area contributed by atoms with Crippen LogP contribution in [0.5, 0.6) is 0 Å². The molecule has 0 heterocycles. The molecule has 0 unspecified atom stereocenters. The molecule has 102 valence electrons. The summed E-state index contributed by atoms with van der Waals surface area (Å²) in [6.45, 7) is 0.685. The van der Waals surface area contributed by atoms with Crippen molar-refractivity contribution in [3.63, 3.8) is 0 Å². The van der Waals surface area contributed by atoms with Crippen molar-refractivity contribution in [2.24, 2.45) is 17.8 Å². The van der Waals surface area contributed by atoms with E-state index in [0.29, 0.717) is 31.7 Å². The summed E-state index contributed by atoms with van der Waals surface area (Å²) in [6.07, 6.45) is 3.14. The molecule has 2 rings (SSSR count). The van der Waals surface area contributed by atoms with Gasteiger partial charge in [0.25, 0.3) is 0 Å². The quantitative estimate of drug-likeness (QED) is 0.776. The van der Waals surface area contributed by atoms with Gasteiger partial charge in [0.2, 0.25) is 5.91 Å². The van der Waals surface area contributed by atoms with Gasteiger partial charge in [-0.2, -0.15) is 0 Å². The monoisotopic (exact) mass is 255 g/mol. The standard InChI is InChI=1S/C13H21NO4/c1-14(7-8-4-11(15)5-8)12(16)9-2-3-10(6-9)13(17)18/h8-11,15H,2-7H2,1H3,(H,17,18)/t8?,9-,10+,11?/m1/s1. The average molecular weight is 255 g/mol. The number of hydrogen-bond acceptors (Lipinski definition) is 3. The van der Waals surface area contributed by atoms with E-state index in [9.17, 15) is 14.7 Å². The minimum atomic E-state index is -0.782. The Bertz CT molecular complexity index is 338. The van der Waals surface area contributed by atoms with Crippen LogP contribution in [0, 0.1) is 17.8 Å². The predicted octanol–water partition coefficient (Wildman–Crippen LogP) is 0.717. The van der Waals surface area contributed by atoms with Gasteiger partial charge in [0.1, 0.15) is 0 Å². The third-order valence-corrected chi connectivity index (χ3v) is 4.25. The molecule has 0 aromatic rings. The number of carboxylic acids is 1. The van der Waals surface area contributed by atoms with E-state index in [1.807, 2.05) is 0 Å². The lowest BCUT2D eigenvalue weighted by Crippen LogP contribution is -2.41. The largest absolute Gasteiger partial charge is 0.481 e. The lowest BCUT2D eigenvalue weighted by atomic mass is 9.82. The molecule has 0 aromatic carbocycles. The van der Waals surface area contributed by atoms with Crippen molar-refractivity contribution in [2.45, 2.75) is 38.2 Å². The molecule has 1 amide bonds. The Hall–Kier alpha value is -1.10. The molecule has 2 fully saturated rings. The van der Waals surface area contributed by atoms with Crippen LogP contribution in [-0.2, 0) is 9.59 Å². The van der Waals surface area contributed by atoms with Gasteiger partial charge in [-0.25, -0.2) is 0 Å². The normalized spacial score (nSPS) is 35.0. The molecule has 5 nitrogen and oxygen atoms in total. The number of nitrogens with zero attached hydrogens (tertiary/aromatic N) is 1. The van der Waals surface area contributed by atoms with Gasteiger partial charge in [-0.15, -0.1) is 0 Å². The highest BCUT2D eigenvalue weighted by molar-refractivity contribution is 5.80. The number of aliphatic hydroxyl groups is 1. The maximum atomic E-state index is 12.1. The molecule has 2 atom stereocenters. The van der Waals surface area contributed by atoms with Gasteiger partial charge in [-0.05, 0) is 38.0 Å². The van der Waals surface area contributed by atoms with E-state index >= 15 is 0 Å². The molecule has 0 bridgehead atoms. The van der Waals surface area contributed by atoms with Crippen LogP contribution in [0.4, 0.5) is 0 Å². The van der Waals surface area contributed by atoms with Crippen molar-refractivity contribution in [1.82, 2.24) is 4.90 Å². The highest BCUT2D eigenvalue weighted by atomic mass is 16.4. The number of carbonyl (C=O) groups is 2. The zero-order chi connectivity index (χ0) is 13.3. The van der Waals surface area contributed by atoms with Crippen molar-refractivity contribution in [3.8, 4) is 0 Å². The van der Waals surface area contributed by atoms with Crippen LogP contribution in [-0.4, -0.2) is 46.7 Å². The van der Waals surface area contributed by atoms with Crippen LogP contribution >= 0.6 is 0 Å².